The molecule has 10 nitrogen and oxygen atoms in total. The van der Waals surface area contributed by atoms with Crippen LogP contribution >= 0.6 is 34.7 Å². The first-order valence-corrected chi connectivity index (χ1v) is 14.7. The number of carbonyl (C=O) groups is 3. The molecule has 39 heavy (non-hydrogen) atoms. The van der Waals surface area contributed by atoms with Crippen molar-refractivity contribution in [3.8, 4) is 5.75 Å². The number of ether oxygens (including phenoxy) is 2. The first-order chi connectivity index (χ1) is 18.8. The van der Waals surface area contributed by atoms with Crippen LogP contribution in [0.25, 0.3) is 0 Å². The van der Waals surface area contributed by atoms with Crippen molar-refractivity contribution in [1.82, 2.24) is 20.1 Å². The topological polar surface area (TPSA) is 124 Å². The monoisotopic (exact) mass is 591 g/mol. The van der Waals surface area contributed by atoms with Gasteiger partial charge in [0.05, 0.1) is 24.0 Å². The fourth-order valence-corrected chi connectivity index (χ4v) is 6.25. The number of thioether (sulfide) groups is 1. The van der Waals surface area contributed by atoms with Crippen LogP contribution in [0.2, 0.25) is 5.02 Å². The van der Waals surface area contributed by atoms with Gasteiger partial charge in [0, 0.05) is 16.9 Å². The average Bonchev–Trinajstić information content (AvgIpc) is 3.46. The number of nitrogens with one attached hydrogen (secondary N) is 2. The number of amides is 2. The normalized spacial score (nSPS) is 13.3. The smallest absolute Gasteiger partial charge is 0.341 e. The molecule has 1 aliphatic rings. The van der Waals surface area contributed by atoms with E-state index in [1.807, 2.05) is 0 Å². The van der Waals surface area contributed by atoms with Gasteiger partial charge >= 0.3 is 5.97 Å². The van der Waals surface area contributed by atoms with Crippen molar-refractivity contribution >= 4 is 57.5 Å². The molecular formula is C26H30ClN5O5S2. The third kappa shape index (κ3) is 7.31. The summed E-state index contributed by atoms with van der Waals surface area (Å²) in [7, 11) is 1.77. The largest absolute Gasteiger partial charge is 0.484 e. The van der Waals surface area contributed by atoms with E-state index >= 15 is 0 Å². The number of carbonyl (C=O) groups excluding carboxylic acids is 3. The van der Waals surface area contributed by atoms with Crippen molar-refractivity contribution in [1.29, 1.82) is 0 Å². The van der Waals surface area contributed by atoms with Crippen molar-refractivity contribution in [3.63, 3.8) is 0 Å². The Kier molecular flexibility index (Phi) is 9.87. The van der Waals surface area contributed by atoms with Crippen LogP contribution in [-0.2, 0) is 40.8 Å². The number of rotatable bonds is 11. The summed E-state index contributed by atoms with van der Waals surface area (Å²) in [6.45, 7) is 3.80. The number of thiophene rings is 1. The maximum absolute atomic E-state index is 13.1. The number of anilines is 1. The minimum Gasteiger partial charge on any atom is -0.484 e. The molecule has 13 heteroatoms. The Morgan fingerprint density at radius 1 is 1.18 bits per heavy atom. The van der Waals surface area contributed by atoms with E-state index in [1.54, 1.807) is 49.7 Å². The number of fused-ring (bicyclic) bond motifs is 1. The molecule has 1 aliphatic carbocycles. The highest BCUT2D eigenvalue weighted by molar-refractivity contribution is 8.00. The first kappa shape index (κ1) is 28.9. The van der Waals surface area contributed by atoms with Crippen molar-refractivity contribution in [3.05, 3.63) is 51.1 Å². The highest BCUT2D eigenvalue weighted by Crippen LogP contribution is 2.39. The third-order valence-electron chi connectivity index (χ3n) is 6.09. The number of esters is 1. The molecule has 208 valence electrons. The highest BCUT2D eigenvalue weighted by Gasteiger charge is 2.28. The molecule has 0 saturated heterocycles. The van der Waals surface area contributed by atoms with E-state index in [-0.39, 0.29) is 31.6 Å². The standard InChI is InChI=1S/C26H30ClN5O5S2/c1-4-36-25(35)22-18-7-5-6-8-19(18)39-24(22)29-23(34)15(2)38-26-31-30-20(32(26)3)13-28-21(33)14-37-17-11-9-16(27)10-12-17/h9-12,15H,4-8,13-14H2,1-3H3,(H,28,33)(H,29,34)/t15-/m1/s1. The van der Waals surface area contributed by atoms with E-state index in [1.165, 1.54) is 23.1 Å². The number of nitrogens with zero attached hydrogens (tertiary/aromatic N) is 3. The van der Waals surface area contributed by atoms with Crippen LogP contribution in [0.4, 0.5) is 5.00 Å². The number of halogens is 1. The molecule has 2 heterocycles. The summed E-state index contributed by atoms with van der Waals surface area (Å²) < 4.78 is 12.5. The van der Waals surface area contributed by atoms with Crippen LogP contribution < -0.4 is 15.4 Å². The fraction of sp³-hybridized carbons (Fsp3) is 0.423. The molecule has 0 fully saturated rings. The molecule has 1 atom stereocenters. The van der Waals surface area contributed by atoms with Gasteiger partial charge in [-0.05, 0) is 69.4 Å². The zero-order valence-corrected chi connectivity index (χ0v) is 24.3. The summed E-state index contributed by atoms with van der Waals surface area (Å²) in [5, 5.41) is 15.2. The Morgan fingerprint density at radius 3 is 2.67 bits per heavy atom. The lowest BCUT2D eigenvalue weighted by Crippen LogP contribution is -2.29. The number of benzene rings is 1. The molecule has 0 bridgehead atoms. The van der Waals surface area contributed by atoms with Crippen LogP contribution in [0.5, 0.6) is 5.75 Å². The van der Waals surface area contributed by atoms with E-state index in [0.29, 0.717) is 32.3 Å². The summed E-state index contributed by atoms with van der Waals surface area (Å²) in [5.74, 6) is 0.107. The number of aromatic nitrogens is 3. The maximum Gasteiger partial charge on any atom is 0.341 e. The van der Waals surface area contributed by atoms with Crippen LogP contribution in [0, 0.1) is 0 Å². The predicted molar refractivity (Wildman–Crippen MR) is 151 cm³/mol. The summed E-state index contributed by atoms with van der Waals surface area (Å²) in [6, 6.07) is 6.73. The van der Waals surface area contributed by atoms with Gasteiger partial charge in [0.15, 0.2) is 17.6 Å². The Bertz CT molecular complexity index is 1340. The molecule has 0 aliphatic heterocycles. The molecule has 0 radical (unpaired) electrons. The van der Waals surface area contributed by atoms with Gasteiger partial charge < -0.3 is 24.7 Å². The summed E-state index contributed by atoms with van der Waals surface area (Å²) in [6.07, 6.45) is 3.80. The quantitative estimate of drug-likeness (QED) is 0.248. The van der Waals surface area contributed by atoms with Gasteiger partial charge in [0.25, 0.3) is 5.91 Å². The number of hydrogen-bond acceptors (Lipinski definition) is 9. The lowest BCUT2D eigenvalue weighted by atomic mass is 9.95. The second-order valence-corrected chi connectivity index (χ2v) is 11.7. The van der Waals surface area contributed by atoms with Gasteiger partial charge in [-0.2, -0.15) is 0 Å². The second kappa shape index (κ2) is 13.3. The van der Waals surface area contributed by atoms with Crippen LogP contribution in [0.3, 0.4) is 0 Å². The van der Waals surface area contributed by atoms with E-state index < -0.39 is 11.2 Å². The van der Waals surface area contributed by atoms with Gasteiger partial charge in [-0.3, -0.25) is 9.59 Å². The van der Waals surface area contributed by atoms with Crippen LogP contribution in [-0.4, -0.2) is 51.0 Å². The van der Waals surface area contributed by atoms with Gasteiger partial charge in [-0.15, -0.1) is 21.5 Å². The maximum atomic E-state index is 13.1. The Hall–Kier alpha value is -3.09. The van der Waals surface area contributed by atoms with Crippen LogP contribution in [0.1, 0.15) is 53.3 Å². The first-order valence-electron chi connectivity index (χ1n) is 12.6. The molecule has 2 N–H and O–H groups in total. The van der Waals surface area contributed by atoms with Crippen LogP contribution in [0.15, 0.2) is 29.4 Å². The minimum atomic E-state index is -0.516. The number of aryl methyl sites for hydroxylation is 1. The van der Waals surface area contributed by atoms with Crippen molar-refractivity contribution in [2.24, 2.45) is 7.05 Å². The third-order valence-corrected chi connectivity index (χ3v) is 8.68. The SMILES string of the molecule is CCOC(=O)c1c(NC(=O)[C@@H](C)Sc2nnc(CNC(=O)COc3ccc(Cl)cc3)n2C)sc2c1CCCC2. The molecule has 1 aromatic carbocycles. The summed E-state index contributed by atoms with van der Waals surface area (Å²) in [4.78, 5) is 39.1. The molecule has 2 aromatic heterocycles. The van der Waals surface area contributed by atoms with E-state index in [4.69, 9.17) is 21.1 Å². The van der Waals surface area contributed by atoms with Gasteiger partial charge in [-0.25, -0.2) is 4.79 Å². The molecule has 0 unspecified atom stereocenters. The second-order valence-electron chi connectivity index (χ2n) is 8.86. The summed E-state index contributed by atoms with van der Waals surface area (Å²) in [5.41, 5.74) is 1.48. The fourth-order valence-electron chi connectivity index (χ4n) is 4.01. The number of hydrogen-bond donors (Lipinski definition) is 2. The molecule has 4 rings (SSSR count). The Labute approximate surface area is 239 Å². The lowest BCUT2D eigenvalue weighted by molar-refractivity contribution is -0.123. The zero-order chi connectivity index (χ0) is 27.9. The van der Waals surface area contributed by atoms with E-state index in [2.05, 4.69) is 20.8 Å². The van der Waals surface area contributed by atoms with Gasteiger partial charge in [-0.1, -0.05) is 23.4 Å². The van der Waals surface area contributed by atoms with E-state index in [0.717, 1.165) is 36.1 Å². The zero-order valence-electron chi connectivity index (χ0n) is 21.9. The predicted octanol–water partition coefficient (Wildman–Crippen LogP) is 4.40. The van der Waals surface area contributed by atoms with Crippen molar-refractivity contribution < 1.29 is 23.9 Å². The minimum absolute atomic E-state index is 0.150. The Morgan fingerprint density at radius 2 is 1.92 bits per heavy atom. The summed E-state index contributed by atoms with van der Waals surface area (Å²) >= 11 is 8.55. The van der Waals surface area contributed by atoms with E-state index in [9.17, 15) is 14.4 Å². The Balaban J connectivity index is 1.32. The molecule has 0 saturated carbocycles. The highest BCUT2D eigenvalue weighted by atomic mass is 35.5. The molecule has 3 aromatic rings. The van der Waals surface area contributed by atoms with Gasteiger partial charge in [0.2, 0.25) is 5.91 Å². The average molecular weight is 592 g/mol. The van der Waals surface area contributed by atoms with Gasteiger partial charge in [0.1, 0.15) is 10.8 Å². The lowest BCUT2D eigenvalue weighted by Gasteiger charge is -2.13. The molecular weight excluding hydrogens is 562 g/mol. The van der Waals surface area contributed by atoms with Crippen molar-refractivity contribution in [2.45, 2.75) is 56.5 Å². The van der Waals surface area contributed by atoms with Crippen molar-refractivity contribution in [2.75, 3.05) is 18.5 Å². The molecule has 0 spiro atoms. The molecule has 2 amide bonds.